The van der Waals surface area contributed by atoms with Crippen molar-refractivity contribution in [1.29, 1.82) is 0 Å². The Labute approximate surface area is 95.9 Å². The molecule has 1 atom stereocenters. The summed E-state index contributed by atoms with van der Waals surface area (Å²) in [7, 11) is 0. The van der Waals surface area contributed by atoms with E-state index in [1.165, 1.54) is 12.0 Å². The minimum atomic E-state index is 0.434. The second-order valence-electron chi connectivity index (χ2n) is 4.26. The first kappa shape index (κ1) is 11.1. The number of hydrogen-bond donors (Lipinski definition) is 0. The van der Waals surface area contributed by atoms with Gasteiger partial charge in [-0.25, -0.2) is 4.98 Å². The Morgan fingerprint density at radius 3 is 2.81 bits per heavy atom. The van der Waals surface area contributed by atoms with Gasteiger partial charge in [0.05, 0.1) is 5.69 Å². The average molecular weight is 218 g/mol. The van der Waals surface area contributed by atoms with Crippen LogP contribution in [0.1, 0.15) is 50.8 Å². The second-order valence-corrected chi connectivity index (χ2v) is 4.26. The highest BCUT2D eigenvalue weighted by atomic mass is 16.3. The Morgan fingerprint density at radius 1 is 1.31 bits per heavy atom. The molecule has 0 aliphatic carbocycles. The zero-order chi connectivity index (χ0) is 11.5. The summed E-state index contributed by atoms with van der Waals surface area (Å²) in [5.74, 6) is 0.434. The number of oxazole rings is 1. The van der Waals surface area contributed by atoms with Gasteiger partial charge in [-0.2, -0.15) is 0 Å². The molecule has 0 saturated heterocycles. The Hall–Kier alpha value is -1.38. The molecule has 16 heavy (non-hydrogen) atoms. The maximum absolute atomic E-state index is 5.49. The summed E-state index contributed by atoms with van der Waals surface area (Å²) < 4.78 is 5.49. The first-order chi connectivity index (χ1) is 7.77. The molecule has 0 radical (unpaired) electrons. The molecule has 0 aliphatic heterocycles. The third-order valence-corrected chi connectivity index (χ3v) is 3.06. The summed E-state index contributed by atoms with van der Waals surface area (Å²) in [6.07, 6.45) is 6.64. The van der Waals surface area contributed by atoms with Gasteiger partial charge < -0.3 is 4.42 Å². The predicted octanol–water partition coefficient (Wildman–Crippen LogP) is 3.69. The molecule has 1 unspecified atom stereocenters. The van der Waals surface area contributed by atoms with Crippen LogP contribution in [0, 0.1) is 0 Å². The van der Waals surface area contributed by atoms with Gasteiger partial charge in [-0.1, -0.05) is 27.2 Å². The second kappa shape index (κ2) is 4.64. The maximum Gasteiger partial charge on any atom is 0.182 e. The smallest absolute Gasteiger partial charge is 0.182 e. The Balaban J connectivity index is 2.54. The lowest BCUT2D eigenvalue weighted by Gasteiger charge is -2.09. The Morgan fingerprint density at radius 2 is 2.12 bits per heavy atom. The Kier molecular flexibility index (Phi) is 3.22. The number of fused-ring (bicyclic) bond motifs is 1. The van der Waals surface area contributed by atoms with Crippen LogP contribution >= 0.6 is 0 Å². The predicted molar refractivity (Wildman–Crippen MR) is 64.5 cm³/mol. The lowest BCUT2D eigenvalue weighted by Crippen LogP contribution is -1.99. The van der Waals surface area contributed by atoms with Crippen LogP contribution < -0.4 is 0 Å². The van der Waals surface area contributed by atoms with Crippen molar-refractivity contribution in [2.24, 2.45) is 0 Å². The summed E-state index contributed by atoms with van der Waals surface area (Å²) in [6, 6.07) is 0. The fourth-order valence-corrected chi connectivity index (χ4v) is 1.93. The first-order valence-electron chi connectivity index (χ1n) is 5.98. The summed E-state index contributed by atoms with van der Waals surface area (Å²) in [5, 5.41) is 0. The van der Waals surface area contributed by atoms with Crippen molar-refractivity contribution >= 4 is 11.1 Å². The van der Waals surface area contributed by atoms with Crippen LogP contribution in [-0.4, -0.2) is 9.97 Å². The molecule has 0 saturated carbocycles. The molecule has 3 nitrogen and oxygen atoms in total. The number of hydrogen-bond acceptors (Lipinski definition) is 3. The molecule has 86 valence electrons. The van der Waals surface area contributed by atoms with Crippen LogP contribution in [0.2, 0.25) is 0 Å². The molecule has 0 bridgehead atoms. The van der Waals surface area contributed by atoms with Crippen LogP contribution in [0.25, 0.3) is 11.1 Å². The molecular weight excluding hydrogens is 200 g/mol. The highest BCUT2D eigenvalue weighted by Gasteiger charge is 2.15. The van der Waals surface area contributed by atoms with E-state index in [2.05, 4.69) is 30.7 Å². The van der Waals surface area contributed by atoms with Gasteiger partial charge in [-0.3, -0.25) is 4.98 Å². The number of pyridine rings is 1. The zero-order valence-electron chi connectivity index (χ0n) is 10.2. The fraction of sp³-hybridized carbons (Fsp3) is 0.538. The SMILES string of the molecule is CCCc1cnc(C(C)CC)c2ncoc12. The lowest BCUT2D eigenvalue weighted by atomic mass is 10.0. The van der Waals surface area contributed by atoms with Crippen molar-refractivity contribution < 1.29 is 4.42 Å². The van der Waals surface area contributed by atoms with E-state index in [0.717, 1.165) is 36.1 Å². The monoisotopic (exact) mass is 218 g/mol. The molecule has 3 heteroatoms. The molecule has 0 amide bonds. The summed E-state index contributed by atoms with van der Waals surface area (Å²) >= 11 is 0. The number of aromatic nitrogens is 2. The quantitative estimate of drug-likeness (QED) is 0.785. The molecule has 0 aromatic carbocycles. The van der Waals surface area contributed by atoms with E-state index in [1.807, 2.05) is 6.20 Å². The van der Waals surface area contributed by atoms with Crippen LogP contribution in [0.5, 0.6) is 0 Å². The molecular formula is C13H18N2O. The summed E-state index contributed by atoms with van der Waals surface area (Å²) in [5.41, 5.74) is 4.10. The van der Waals surface area contributed by atoms with Crippen molar-refractivity contribution in [1.82, 2.24) is 9.97 Å². The third kappa shape index (κ3) is 1.82. The molecule has 2 heterocycles. The number of nitrogens with zero attached hydrogens (tertiary/aromatic N) is 2. The van der Waals surface area contributed by atoms with Crippen molar-refractivity contribution in [3.05, 3.63) is 23.8 Å². The van der Waals surface area contributed by atoms with Gasteiger partial charge >= 0.3 is 0 Å². The van der Waals surface area contributed by atoms with E-state index in [0.29, 0.717) is 5.92 Å². The number of aryl methyl sites for hydroxylation is 1. The standard InChI is InChI=1S/C13H18N2O/c1-4-6-10-7-14-11(9(3)5-2)12-13(10)16-8-15-12/h7-9H,4-6H2,1-3H3. The van der Waals surface area contributed by atoms with Gasteiger partial charge in [0.15, 0.2) is 12.0 Å². The van der Waals surface area contributed by atoms with Crippen molar-refractivity contribution in [2.75, 3.05) is 0 Å². The van der Waals surface area contributed by atoms with E-state index < -0.39 is 0 Å². The molecule has 0 aliphatic rings. The minimum absolute atomic E-state index is 0.434. The first-order valence-corrected chi connectivity index (χ1v) is 5.98. The molecule has 2 rings (SSSR count). The topological polar surface area (TPSA) is 38.9 Å². The van der Waals surface area contributed by atoms with Gasteiger partial charge in [0.25, 0.3) is 0 Å². The normalized spacial score (nSPS) is 13.2. The van der Waals surface area contributed by atoms with Gasteiger partial charge in [0.1, 0.15) is 5.52 Å². The average Bonchev–Trinajstić information content (AvgIpc) is 2.78. The van der Waals surface area contributed by atoms with E-state index in [1.54, 1.807) is 0 Å². The Bertz CT molecular complexity index is 476. The third-order valence-electron chi connectivity index (χ3n) is 3.06. The molecule has 0 N–H and O–H groups in total. The molecule has 0 spiro atoms. The largest absolute Gasteiger partial charge is 0.443 e. The van der Waals surface area contributed by atoms with Crippen molar-refractivity contribution in [3.63, 3.8) is 0 Å². The van der Waals surface area contributed by atoms with Gasteiger partial charge in [0, 0.05) is 17.7 Å². The molecule has 2 aromatic heterocycles. The van der Waals surface area contributed by atoms with E-state index >= 15 is 0 Å². The van der Waals surface area contributed by atoms with E-state index in [4.69, 9.17) is 4.42 Å². The zero-order valence-corrected chi connectivity index (χ0v) is 10.2. The van der Waals surface area contributed by atoms with Gasteiger partial charge in [-0.15, -0.1) is 0 Å². The summed E-state index contributed by atoms with van der Waals surface area (Å²) in [4.78, 5) is 8.85. The highest BCUT2D eigenvalue weighted by molar-refractivity contribution is 5.78. The van der Waals surface area contributed by atoms with Crippen LogP contribution in [0.15, 0.2) is 17.0 Å². The van der Waals surface area contributed by atoms with Crippen LogP contribution in [0.4, 0.5) is 0 Å². The lowest BCUT2D eigenvalue weighted by molar-refractivity contribution is 0.596. The molecule has 2 aromatic rings. The minimum Gasteiger partial charge on any atom is -0.443 e. The fourth-order valence-electron chi connectivity index (χ4n) is 1.93. The number of rotatable bonds is 4. The van der Waals surface area contributed by atoms with Crippen molar-refractivity contribution in [3.8, 4) is 0 Å². The van der Waals surface area contributed by atoms with Crippen LogP contribution in [0.3, 0.4) is 0 Å². The van der Waals surface area contributed by atoms with Crippen molar-refractivity contribution in [2.45, 2.75) is 46.0 Å². The van der Waals surface area contributed by atoms with Gasteiger partial charge in [-0.05, 0) is 12.8 Å². The maximum atomic E-state index is 5.49. The van der Waals surface area contributed by atoms with E-state index in [9.17, 15) is 0 Å². The van der Waals surface area contributed by atoms with E-state index in [-0.39, 0.29) is 0 Å². The summed E-state index contributed by atoms with van der Waals surface area (Å²) in [6.45, 7) is 6.50. The van der Waals surface area contributed by atoms with Gasteiger partial charge in [0.2, 0.25) is 0 Å². The van der Waals surface area contributed by atoms with Crippen LogP contribution in [-0.2, 0) is 6.42 Å². The molecule has 0 fully saturated rings. The highest BCUT2D eigenvalue weighted by Crippen LogP contribution is 2.27.